The van der Waals surface area contributed by atoms with Crippen LogP contribution in [0.3, 0.4) is 0 Å². The molecule has 0 spiro atoms. The van der Waals surface area contributed by atoms with E-state index in [9.17, 15) is 0 Å². The zero-order chi connectivity index (χ0) is 14.8. The van der Waals surface area contributed by atoms with Crippen molar-refractivity contribution in [3.8, 4) is 5.75 Å². The van der Waals surface area contributed by atoms with Crippen molar-refractivity contribution in [2.24, 2.45) is 0 Å². The molecule has 0 aliphatic carbocycles. The lowest BCUT2D eigenvalue weighted by atomic mass is 10.2. The SMILES string of the molecule is CCCOC([SiH3])(OCCC)Oc1ccc(CCCl)cc1. The molecule has 0 amide bonds. The van der Waals surface area contributed by atoms with Crippen molar-refractivity contribution < 1.29 is 14.2 Å². The van der Waals surface area contributed by atoms with E-state index in [1.54, 1.807) is 0 Å². The zero-order valence-electron chi connectivity index (χ0n) is 12.7. The standard InChI is InChI=1S/C15H25ClO3Si/c1-3-11-17-15(20,18-12-4-2)19-14-7-5-13(6-8-14)9-10-16/h5-8H,3-4,9-12H2,1-2,20H3. The minimum Gasteiger partial charge on any atom is -0.444 e. The van der Waals surface area contributed by atoms with Crippen LogP contribution < -0.4 is 4.74 Å². The average Bonchev–Trinajstić information content (AvgIpc) is 2.46. The van der Waals surface area contributed by atoms with E-state index in [1.165, 1.54) is 5.56 Å². The Morgan fingerprint density at radius 3 is 2.05 bits per heavy atom. The summed E-state index contributed by atoms with van der Waals surface area (Å²) >= 11 is 5.73. The first-order valence-electron chi connectivity index (χ1n) is 7.25. The summed E-state index contributed by atoms with van der Waals surface area (Å²) in [6.07, 6.45) is 2.75. The first-order valence-corrected chi connectivity index (χ1v) is 8.78. The van der Waals surface area contributed by atoms with E-state index in [-0.39, 0.29) is 0 Å². The van der Waals surface area contributed by atoms with E-state index in [1.807, 2.05) is 24.3 Å². The molecule has 0 aromatic heterocycles. The maximum Gasteiger partial charge on any atom is 0.286 e. The molecule has 0 unspecified atom stereocenters. The highest BCUT2D eigenvalue weighted by Crippen LogP contribution is 2.20. The van der Waals surface area contributed by atoms with Crippen LogP contribution in [0.5, 0.6) is 5.75 Å². The Hall–Kier alpha value is -0.553. The van der Waals surface area contributed by atoms with Gasteiger partial charge in [0, 0.05) is 5.88 Å². The summed E-state index contributed by atoms with van der Waals surface area (Å²) in [7, 11) is 0.644. The van der Waals surface area contributed by atoms with Crippen LogP contribution in [0.1, 0.15) is 32.3 Å². The van der Waals surface area contributed by atoms with Crippen LogP contribution in [0.15, 0.2) is 24.3 Å². The molecule has 0 aliphatic heterocycles. The van der Waals surface area contributed by atoms with Gasteiger partial charge >= 0.3 is 0 Å². The summed E-state index contributed by atoms with van der Waals surface area (Å²) in [6, 6.07) is 7.94. The molecule has 0 N–H and O–H groups in total. The summed E-state index contributed by atoms with van der Waals surface area (Å²) in [5.74, 6) is 1.40. The third-order valence-electron chi connectivity index (χ3n) is 2.75. The van der Waals surface area contributed by atoms with Crippen LogP contribution in [0.25, 0.3) is 0 Å². The van der Waals surface area contributed by atoms with Gasteiger partial charge in [-0.2, -0.15) is 0 Å². The molecule has 0 fully saturated rings. The number of alkyl halides is 1. The van der Waals surface area contributed by atoms with Gasteiger partial charge in [0.1, 0.15) is 16.0 Å². The molecular formula is C15H25ClO3Si. The molecule has 3 nitrogen and oxygen atoms in total. The highest BCUT2D eigenvalue weighted by Gasteiger charge is 2.27. The van der Waals surface area contributed by atoms with Crippen molar-refractivity contribution in [3.63, 3.8) is 0 Å². The number of ether oxygens (including phenoxy) is 3. The molecule has 0 saturated carbocycles. The summed E-state index contributed by atoms with van der Waals surface area (Å²) in [6.45, 7) is 5.42. The minimum absolute atomic E-state index is 0.629. The van der Waals surface area contributed by atoms with Crippen molar-refractivity contribution in [2.45, 2.75) is 38.7 Å². The molecule has 5 heteroatoms. The minimum atomic E-state index is -0.889. The Morgan fingerprint density at radius 2 is 1.60 bits per heavy atom. The fourth-order valence-electron chi connectivity index (χ4n) is 1.72. The van der Waals surface area contributed by atoms with E-state index in [0.717, 1.165) is 25.0 Å². The van der Waals surface area contributed by atoms with Crippen LogP contribution >= 0.6 is 11.6 Å². The highest BCUT2D eigenvalue weighted by atomic mass is 35.5. The van der Waals surface area contributed by atoms with Crippen LogP contribution in [-0.2, 0) is 15.9 Å². The second-order valence-electron chi connectivity index (χ2n) is 4.74. The normalized spacial score (nSPS) is 11.8. The Bertz CT molecular complexity index is 362. The summed E-state index contributed by atoms with van der Waals surface area (Å²) in [5.41, 5.74) is 0.315. The second-order valence-corrected chi connectivity index (χ2v) is 6.35. The van der Waals surface area contributed by atoms with Crippen LogP contribution in [0, 0.1) is 0 Å². The quantitative estimate of drug-likeness (QED) is 0.377. The summed E-state index contributed by atoms with van der Waals surface area (Å²) < 4.78 is 17.4. The van der Waals surface area contributed by atoms with Crippen molar-refractivity contribution in [3.05, 3.63) is 29.8 Å². The zero-order valence-corrected chi connectivity index (χ0v) is 15.4. The number of hydrogen-bond donors (Lipinski definition) is 0. The molecule has 1 aromatic rings. The van der Waals surface area contributed by atoms with E-state index in [0.29, 0.717) is 29.3 Å². The fourth-order valence-corrected chi connectivity index (χ4v) is 2.59. The van der Waals surface area contributed by atoms with Gasteiger partial charge in [-0.1, -0.05) is 26.0 Å². The number of hydrogen-bond acceptors (Lipinski definition) is 3. The Labute approximate surface area is 130 Å². The van der Waals surface area contributed by atoms with Gasteiger partial charge in [0.05, 0.1) is 13.2 Å². The molecule has 114 valence electrons. The molecule has 0 heterocycles. The number of rotatable bonds is 10. The largest absolute Gasteiger partial charge is 0.444 e. The van der Waals surface area contributed by atoms with Gasteiger partial charge in [0.25, 0.3) is 5.60 Å². The lowest BCUT2D eigenvalue weighted by molar-refractivity contribution is -0.285. The number of aryl methyl sites for hydroxylation is 1. The van der Waals surface area contributed by atoms with Gasteiger partial charge in [-0.3, -0.25) is 0 Å². The van der Waals surface area contributed by atoms with Crippen molar-refractivity contribution in [2.75, 3.05) is 19.1 Å². The Balaban J connectivity index is 2.67. The molecule has 0 aliphatic rings. The third-order valence-corrected chi connectivity index (χ3v) is 3.72. The predicted octanol–water partition coefficient (Wildman–Crippen LogP) is 2.68. The summed E-state index contributed by atoms with van der Waals surface area (Å²) in [4.78, 5) is 0. The van der Waals surface area contributed by atoms with Crippen LogP contribution in [0.2, 0.25) is 0 Å². The first-order chi connectivity index (χ1) is 9.63. The van der Waals surface area contributed by atoms with Gasteiger partial charge in [-0.25, -0.2) is 0 Å². The maximum atomic E-state index is 5.92. The predicted molar refractivity (Wildman–Crippen MR) is 86.7 cm³/mol. The van der Waals surface area contributed by atoms with Crippen molar-refractivity contribution in [1.29, 1.82) is 0 Å². The lowest BCUT2D eigenvalue weighted by Gasteiger charge is -2.30. The Morgan fingerprint density at radius 1 is 1.05 bits per heavy atom. The third kappa shape index (κ3) is 6.26. The second kappa shape index (κ2) is 9.40. The molecule has 0 radical (unpaired) electrons. The van der Waals surface area contributed by atoms with Crippen LogP contribution in [-0.4, -0.2) is 34.9 Å². The van der Waals surface area contributed by atoms with Crippen molar-refractivity contribution in [1.82, 2.24) is 0 Å². The van der Waals surface area contributed by atoms with E-state index in [4.69, 9.17) is 25.8 Å². The van der Waals surface area contributed by atoms with Crippen LogP contribution in [0.4, 0.5) is 0 Å². The molecule has 0 saturated heterocycles. The topological polar surface area (TPSA) is 27.7 Å². The summed E-state index contributed by atoms with van der Waals surface area (Å²) in [5, 5.41) is 0. The fraction of sp³-hybridized carbons (Fsp3) is 0.600. The molecule has 1 rings (SSSR count). The van der Waals surface area contributed by atoms with Gasteiger partial charge < -0.3 is 14.2 Å². The Kier molecular flexibility index (Phi) is 8.22. The van der Waals surface area contributed by atoms with E-state index in [2.05, 4.69) is 13.8 Å². The van der Waals surface area contributed by atoms with Gasteiger partial charge in [0.15, 0.2) is 0 Å². The number of benzene rings is 1. The molecule has 0 bridgehead atoms. The first kappa shape index (κ1) is 17.5. The van der Waals surface area contributed by atoms with Gasteiger partial charge in [-0.15, -0.1) is 11.6 Å². The monoisotopic (exact) mass is 316 g/mol. The van der Waals surface area contributed by atoms with Crippen molar-refractivity contribution >= 4 is 21.8 Å². The molecule has 20 heavy (non-hydrogen) atoms. The average molecular weight is 317 g/mol. The highest BCUT2D eigenvalue weighted by molar-refractivity contribution is 6.18. The smallest absolute Gasteiger partial charge is 0.286 e. The molecule has 0 atom stereocenters. The van der Waals surface area contributed by atoms with Gasteiger partial charge in [-0.05, 0) is 37.0 Å². The van der Waals surface area contributed by atoms with E-state index >= 15 is 0 Å². The van der Waals surface area contributed by atoms with E-state index < -0.39 is 5.60 Å². The molecule has 1 aromatic carbocycles. The van der Waals surface area contributed by atoms with Gasteiger partial charge in [0.2, 0.25) is 0 Å². The lowest BCUT2D eigenvalue weighted by Crippen LogP contribution is -2.43. The maximum absolute atomic E-state index is 5.92. The molecular weight excluding hydrogens is 292 g/mol. The number of halogens is 1.